The summed E-state index contributed by atoms with van der Waals surface area (Å²) in [5.41, 5.74) is 3.23. The van der Waals surface area contributed by atoms with Crippen molar-refractivity contribution in [2.45, 2.75) is 16.7 Å². The first-order chi connectivity index (χ1) is 23.3. The molecular weight excluding hydrogens is 647 g/mol. The molecule has 2 atom stereocenters. The third kappa shape index (κ3) is 6.85. The predicted octanol–water partition coefficient (Wildman–Crippen LogP) is 6.99. The molecule has 13 heteroatoms. The van der Waals surface area contributed by atoms with Crippen LogP contribution in [0.1, 0.15) is 28.7 Å². The van der Waals surface area contributed by atoms with Crippen LogP contribution in [0, 0.1) is 5.92 Å². The molecule has 11 nitrogen and oxygen atoms in total. The monoisotopic (exact) mass is 678 g/mol. The molecule has 6 rings (SSSR count). The molecule has 0 saturated heterocycles. The molecule has 242 valence electrons. The molecule has 6 aromatic rings. The van der Waals surface area contributed by atoms with Crippen molar-refractivity contribution in [3.63, 3.8) is 0 Å². The van der Waals surface area contributed by atoms with Crippen molar-refractivity contribution < 1.29 is 23.4 Å². The number of fused-ring (bicyclic) bond motifs is 2. The summed E-state index contributed by atoms with van der Waals surface area (Å²) in [5.74, 6) is -1.31. The molecule has 0 radical (unpaired) electrons. The van der Waals surface area contributed by atoms with E-state index in [0.717, 1.165) is 9.79 Å². The van der Waals surface area contributed by atoms with E-state index in [1.807, 2.05) is 54.6 Å². The van der Waals surface area contributed by atoms with Crippen molar-refractivity contribution in [3.8, 4) is 5.75 Å². The van der Waals surface area contributed by atoms with Gasteiger partial charge >= 0.3 is 13.5 Å². The molecule has 0 aliphatic carbocycles. The van der Waals surface area contributed by atoms with Gasteiger partial charge in [-0.25, -0.2) is 4.98 Å². The lowest BCUT2D eigenvalue weighted by atomic mass is 10.2. The Morgan fingerprint density at radius 2 is 1.77 bits per heavy atom. The Bertz CT molecular complexity index is 2200. The van der Waals surface area contributed by atoms with Gasteiger partial charge in [-0.15, -0.1) is 0 Å². The molecule has 0 spiro atoms. The van der Waals surface area contributed by atoms with Gasteiger partial charge in [0.1, 0.15) is 5.52 Å². The highest BCUT2D eigenvalue weighted by Gasteiger charge is 2.36. The number of ether oxygens (including phenoxy) is 1. The first kappa shape index (κ1) is 32.6. The number of carbonyl (C=O) groups excluding carboxylic acids is 2. The van der Waals surface area contributed by atoms with Crippen molar-refractivity contribution in [2.24, 2.45) is 5.92 Å². The molecule has 3 aromatic carbocycles. The number of esters is 1. The lowest BCUT2D eigenvalue weighted by molar-refractivity contribution is -0.144. The highest BCUT2D eigenvalue weighted by molar-refractivity contribution is 7.99. The maximum atomic E-state index is 15.3. The number of carbonyl (C=O) groups is 2. The third-order valence-electron chi connectivity index (χ3n) is 7.45. The topological polar surface area (TPSA) is 138 Å². The number of para-hydroxylation sites is 1. The molecular formula is C35H31N6O5PS. The number of methoxy groups -OCH3 is 1. The van der Waals surface area contributed by atoms with Gasteiger partial charge in [-0.1, -0.05) is 43.0 Å². The van der Waals surface area contributed by atoms with Crippen LogP contribution in [0.2, 0.25) is 0 Å². The number of nitrogens with one attached hydrogen (secondary N) is 1. The number of hydrogen-bond donors (Lipinski definition) is 1. The van der Waals surface area contributed by atoms with Gasteiger partial charge in [0.25, 0.3) is 5.91 Å². The second kappa shape index (κ2) is 14.2. The van der Waals surface area contributed by atoms with Crippen molar-refractivity contribution in [2.75, 3.05) is 20.3 Å². The first-order valence-corrected chi connectivity index (χ1v) is 17.6. The van der Waals surface area contributed by atoms with E-state index in [2.05, 4.69) is 20.3 Å². The predicted molar refractivity (Wildman–Crippen MR) is 186 cm³/mol. The number of benzene rings is 3. The zero-order valence-electron chi connectivity index (χ0n) is 26.3. The van der Waals surface area contributed by atoms with Gasteiger partial charge in [0, 0.05) is 40.8 Å². The smallest absolute Gasteiger partial charge is 0.364 e. The van der Waals surface area contributed by atoms with Crippen LogP contribution < -0.4 is 9.84 Å². The minimum absolute atomic E-state index is 0.209. The number of rotatable bonds is 11. The van der Waals surface area contributed by atoms with E-state index in [9.17, 15) is 9.59 Å². The molecule has 1 N–H and O–H groups in total. The highest BCUT2D eigenvalue weighted by atomic mass is 32.2. The van der Waals surface area contributed by atoms with Crippen LogP contribution in [-0.2, 0) is 14.1 Å². The van der Waals surface area contributed by atoms with Crippen molar-refractivity contribution in [1.29, 1.82) is 0 Å². The fraction of sp³-hybridized carbons (Fsp3) is 0.143. The quantitative estimate of drug-likeness (QED) is 0.113. The Morgan fingerprint density at radius 3 is 2.56 bits per heavy atom. The Morgan fingerprint density at radius 1 is 0.958 bits per heavy atom. The summed E-state index contributed by atoms with van der Waals surface area (Å²) in [6.45, 7) is 1.63. The van der Waals surface area contributed by atoms with Gasteiger partial charge in [0.2, 0.25) is 0 Å². The molecule has 0 fully saturated rings. The number of hydrogen-bond acceptors (Lipinski definition) is 10. The summed E-state index contributed by atoms with van der Waals surface area (Å²) >= 11 is 1.39. The van der Waals surface area contributed by atoms with Crippen LogP contribution in [-0.4, -0.2) is 56.7 Å². The molecule has 3 aromatic heterocycles. The Hall–Kier alpha value is -5.32. The van der Waals surface area contributed by atoms with Crippen LogP contribution in [0.4, 0.5) is 0 Å². The molecule has 0 saturated carbocycles. The van der Waals surface area contributed by atoms with Crippen LogP contribution in [0.25, 0.3) is 34.1 Å². The summed E-state index contributed by atoms with van der Waals surface area (Å²) < 4.78 is 28.1. The molecule has 48 heavy (non-hydrogen) atoms. The van der Waals surface area contributed by atoms with Gasteiger partial charge in [-0.2, -0.15) is 9.55 Å². The highest BCUT2D eigenvalue weighted by Crippen LogP contribution is 2.53. The van der Waals surface area contributed by atoms with Crippen LogP contribution in [0.5, 0.6) is 5.75 Å². The normalized spacial score (nSPS) is 13.3. The number of pyridine rings is 1. The lowest BCUT2D eigenvalue weighted by Gasteiger charge is -2.23. The maximum Gasteiger partial charge on any atom is 0.364 e. The van der Waals surface area contributed by atoms with Crippen LogP contribution >= 0.6 is 19.3 Å². The molecule has 0 aliphatic rings. The molecule has 1 amide bonds. The minimum Gasteiger partial charge on any atom is -0.469 e. The zero-order chi connectivity index (χ0) is 33.7. The van der Waals surface area contributed by atoms with E-state index in [0.29, 0.717) is 38.9 Å². The van der Waals surface area contributed by atoms with E-state index in [1.54, 1.807) is 62.8 Å². The summed E-state index contributed by atoms with van der Waals surface area (Å²) in [4.78, 5) is 40.0. The summed E-state index contributed by atoms with van der Waals surface area (Å²) in [6.07, 6.45) is 8.19. The maximum absolute atomic E-state index is 15.3. The largest absolute Gasteiger partial charge is 0.469 e. The number of nitrogens with zero attached hydrogens (tertiary/aromatic N) is 5. The second-order valence-corrected chi connectivity index (χ2v) is 14.1. The zero-order valence-corrected chi connectivity index (χ0v) is 28.0. The van der Waals surface area contributed by atoms with E-state index in [1.165, 1.54) is 29.5 Å². The van der Waals surface area contributed by atoms with Crippen molar-refractivity contribution in [1.82, 2.24) is 29.8 Å². The average Bonchev–Trinajstić information content (AvgIpc) is 3.49. The van der Waals surface area contributed by atoms with Gasteiger partial charge in [0.15, 0.2) is 5.75 Å². The lowest BCUT2D eigenvalue weighted by Crippen LogP contribution is -2.21. The van der Waals surface area contributed by atoms with E-state index in [4.69, 9.17) is 14.4 Å². The summed E-state index contributed by atoms with van der Waals surface area (Å²) in [6, 6.07) is 23.7. The summed E-state index contributed by atoms with van der Waals surface area (Å²) in [5, 5.41) is 8.23. The van der Waals surface area contributed by atoms with E-state index < -0.39 is 19.4 Å². The fourth-order valence-corrected chi connectivity index (χ4v) is 8.44. The van der Waals surface area contributed by atoms with Gasteiger partial charge in [-0.05, 0) is 66.7 Å². The Labute approximate surface area is 280 Å². The van der Waals surface area contributed by atoms with Crippen molar-refractivity contribution in [3.05, 3.63) is 114 Å². The van der Waals surface area contributed by atoms with Crippen LogP contribution in [0.3, 0.4) is 0 Å². The Kier molecular flexibility index (Phi) is 9.65. The average molecular weight is 679 g/mol. The second-order valence-electron chi connectivity index (χ2n) is 10.7. The number of aromatic nitrogens is 5. The van der Waals surface area contributed by atoms with Crippen LogP contribution in [0.15, 0.2) is 107 Å². The molecule has 1 unspecified atom stereocenters. The fourth-order valence-electron chi connectivity index (χ4n) is 5.13. The molecule has 0 bridgehead atoms. The standard InChI is InChI=1S/C35H31N6O5PS/c1-23(35(43)45-3)22-47(44,46-31-12-8-11-29-33(31)39-20-19-38-29)41-30-21-25(48-32-13-5-4-10-27(32)34(42)36-2)15-16-26(30)28(40-41)17-14-24-9-6-7-18-37-24/h4-21,23H,22H2,1-3H3,(H,36,42)/b17-14+/t23-,47?/m1/s1. The van der Waals surface area contributed by atoms with Crippen molar-refractivity contribution >= 4 is 65.2 Å². The first-order valence-electron chi connectivity index (χ1n) is 15.0. The minimum atomic E-state index is -4.06. The third-order valence-corrected chi connectivity index (χ3v) is 10.9. The Balaban J connectivity index is 1.53. The van der Waals surface area contributed by atoms with Gasteiger partial charge in [0.05, 0.1) is 47.2 Å². The molecule has 3 heterocycles. The van der Waals surface area contributed by atoms with Gasteiger partial charge in [-0.3, -0.25) is 24.1 Å². The molecule has 0 aliphatic heterocycles. The summed E-state index contributed by atoms with van der Waals surface area (Å²) in [7, 11) is -1.19. The van der Waals surface area contributed by atoms with E-state index in [-0.39, 0.29) is 17.8 Å². The number of amides is 1. The van der Waals surface area contributed by atoms with E-state index >= 15 is 4.57 Å². The SMILES string of the molecule is CNC(=O)c1ccccc1Sc1ccc2c(/C=C/c3ccccn3)nn(P(=O)(C[C@@H](C)C(=O)OC)Oc3cccc4nccnc34)c2c1. The van der Waals surface area contributed by atoms with Gasteiger partial charge < -0.3 is 14.6 Å².